The van der Waals surface area contributed by atoms with Gasteiger partial charge < -0.3 is 0 Å². The van der Waals surface area contributed by atoms with E-state index in [9.17, 15) is 0 Å². The van der Waals surface area contributed by atoms with E-state index in [1.54, 1.807) is 11.3 Å². The van der Waals surface area contributed by atoms with E-state index in [2.05, 4.69) is 11.6 Å². The number of nitriles is 1. The zero-order chi connectivity index (χ0) is 9.84. The standard InChI is InChI=1S/C9H7ClN2S/c1-6(5-11)9(10)12-8-3-4-13-7(8)2/h3-4H,1H2,2H3. The predicted octanol–water partition coefficient (Wildman–Crippen LogP) is 3.41. The number of rotatable bonds is 2. The predicted molar refractivity (Wildman–Crippen MR) is 56.8 cm³/mol. The van der Waals surface area contributed by atoms with Crippen molar-refractivity contribution in [2.75, 3.05) is 0 Å². The summed E-state index contributed by atoms with van der Waals surface area (Å²) in [6.07, 6.45) is 0. The monoisotopic (exact) mass is 210 g/mol. The van der Waals surface area contributed by atoms with Crippen LogP contribution in [0, 0.1) is 18.3 Å². The highest BCUT2D eigenvalue weighted by atomic mass is 35.5. The smallest absolute Gasteiger partial charge is 0.146 e. The Balaban J connectivity index is 2.97. The SMILES string of the molecule is C=C(C#N)C(Cl)=Nc1ccsc1C. The van der Waals surface area contributed by atoms with Crippen LogP contribution in [0.15, 0.2) is 28.6 Å². The second-order valence-corrected chi connectivity index (χ2v) is 3.83. The summed E-state index contributed by atoms with van der Waals surface area (Å²) in [6, 6.07) is 3.70. The lowest BCUT2D eigenvalue weighted by atomic mass is 10.3. The van der Waals surface area contributed by atoms with E-state index >= 15 is 0 Å². The van der Waals surface area contributed by atoms with Crippen LogP contribution in [0.4, 0.5) is 5.69 Å². The molecule has 0 spiro atoms. The number of aryl methyl sites for hydroxylation is 1. The lowest BCUT2D eigenvalue weighted by Crippen LogP contribution is -1.87. The molecule has 0 aliphatic heterocycles. The van der Waals surface area contributed by atoms with Gasteiger partial charge in [0.1, 0.15) is 11.2 Å². The van der Waals surface area contributed by atoms with Gasteiger partial charge in [0, 0.05) is 4.88 Å². The van der Waals surface area contributed by atoms with Crippen LogP contribution >= 0.6 is 22.9 Å². The summed E-state index contributed by atoms with van der Waals surface area (Å²) in [5.41, 5.74) is 0.985. The van der Waals surface area contributed by atoms with Crippen molar-refractivity contribution in [1.29, 1.82) is 5.26 Å². The number of halogens is 1. The van der Waals surface area contributed by atoms with Crippen LogP contribution in [0.5, 0.6) is 0 Å². The summed E-state index contributed by atoms with van der Waals surface area (Å²) in [5, 5.41) is 10.6. The van der Waals surface area contributed by atoms with Crippen molar-refractivity contribution in [2.24, 2.45) is 4.99 Å². The van der Waals surface area contributed by atoms with Crippen LogP contribution in [0.3, 0.4) is 0 Å². The zero-order valence-electron chi connectivity index (χ0n) is 7.04. The fourth-order valence-corrected chi connectivity index (χ4v) is 1.48. The van der Waals surface area contributed by atoms with E-state index < -0.39 is 0 Å². The van der Waals surface area contributed by atoms with Gasteiger partial charge in [-0.25, -0.2) is 4.99 Å². The van der Waals surface area contributed by atoms with Gasteiger partial charge in [-0.3, -0.25) is 0 Å². The maximum atomic E-state index is 8.49. The van der Waals surface area contributed by atoms with E-state index in [-0.39, 0.29) is 10.7 Å². The fraction of sp³-hybridized carbons (Fsp3) is 0.111. The maximum Gasteiger partial charge on any atom is 0.146 e. The van der Waals surface area contributed by atoms with Crippen LogP contribution in [-0.2, 0) is 0 Å². The lowest BCUT2D eigenvalue weighted by molar-refractivity contribution is 1.48. The minimum Gasteiger partial charge on any atom is -0.234 e. The first-order chi connectivity index (χ1) is 6.15. The molecule has 0 unspecified atom stereocenters. The molecule has 1 aromatic heterocycles. The maximum absolute atomic E-state index is 8.49. The van der Waals surface area contributed by atoms with Gasteiger partial charge in [0.2, 0.25) is 0 Å². The average Bonchev–Trinajstić information content (AvgIpc) is 2.50. The van der Waals surface area contributed by atoms with E-state index in [0.29, 0.717) is 0 Å². The van der Waals surface area contributed by atoms with Crippen LogP contribution in [0.25, 0.3) is 0 Å². The summed E-state index contributed by atoms with van der Waals surface area (Å²) in [4.78, 5) is 5.13. The molecule has 13 heavy (non-hydrogen) atoms. The van der Waals surface area contributed by atoms with Gasteiger partial charge in [-0.15, -0.1) is 11.3 Å². The highest BCUT2D eigenvalue weighted by molar-refractivity contribution is 7.10. The first-order valence-electron chi connectivity index (χ1n) is 3.53. The van der Waals surface area contributed by atoms with Crippen molar-refractivity contribution < 1.29 is 0 Å². The molecule has 0 aliphatic carbocycles. The van der Waals surface area contributed by atoms with Crippen LogP contribution in [0.2, 0.25) is 0 Å². The molecule has 66 valence electrons. The van der Waals surface area contributed by atoms with Crippen LogP contribution in [-0.4, -0.2) is 5.17 Å². The second kappa shape index (κ2) is 4.22. The molecule has 1 rings (SSSR count). The Kier molecular flexibility index (Phi) is 3.24. The van der Waals surface area contributed by atoms with Crippen molar-refractivity contribution in [1.82, 2.24) is 0 Å². The molecular weight excluding hydrogens is 204 g/mol. The van der Waals surface area contributed by atoms with Gasteiger partial charge >= 0.3 is 0 Å². The van der Waals surface area contributed by atoms with Crippen LogP contribution in [0.1, 0.15) is 4.88 Å². The molecule has 0 fully saturated rings. The van der Waals surface area contributed by atoms with Crippen molar-refractivity contribution in [3.05, 3.63) is 28.5 Å². The van der Waals surface area contributed by atoms with Gasteiger partial charge in [-0.1, -0.05) is 18.2 Å². The molecule has 1 heterocycles. The minimum atomic E-state index is 0.156. The first kappa shape index (κ1) is 9.97. The summed E-state index contributed by atoms with van der Waals surface area (Å²) < 4.78 is 0. The Bertz CT molecular complexity index is 398. The molecular formula is C9H7ClN2S. The van der Waals surface area contributed by atoms with Crippen molar-refractivity contribution in [2.45, 2.75) is 6.92 Å². The van der Waals surface area contributed by atoms with Gasteiger partial charge in [0.15, 0.2) is 0 Å². The van der Waals surface area contributed by atoms with Gasteiger partial charge in [-0.2, -0.15) is 5.26 Å². The molecule has 4 heteroatoms. The molecule has 0 N–H and O–H groups in total. The number of hydrogen-bond acceptors (Lipinski definition) is 3. The molecule has 0 aliphatic rings. The van der Waals surface area contributed by atoms with E-state index in [1.807, 2.05) is 24.4 Å². The lowest BCUT2D eigenvalue weighted by Gasteiger charge is -1.93. The summed E-state index contributed by atoms with van der Waals surface area (Å²) in [7, 11) is 0. The Morgan fingerprint density at radius 1 is 1.77 bits per heavy atom. The minimum absolute atomic E-state index is 0.156. The Morgan fingerprint density at radius 3 is 2.92 bits per heavy atom. The van der Waals surface area contributed by atoms with E-state index in [0.717, 1.165) is 10.6 Å². The highest BCUT2D eigenvalue weighted by Gasteiger charge is 2.02. The molecule has 0 aromatic carbocycles. The largest absolute Gasteiger partial charge is 0.234 e. The Labute approximate surface area is 85.8 Å². The molecule has 1 aromatic rings. The molecule has 0 saturated carbocycles. The molecule has 0 saturated heterocycles. The number of aliphatic imine (C=N–C) groups is 1. The van der Waals surface area contributed by atoms with Gasteiger partial charge in [-0.05, 0) is 18.4 Å². The zero-order valence-corrected chi connectivity index (χ0v) is 8.61. The van der Waals surface area contributed by atoms with Crippen molar-refractivity contribution in [3.63, 3.8) is 0 Å². The fourth-order valence-electron chi connectivity index (χ4n) is 0.714. The second-order valence-electron chi connectivity index (χ2n) is 2.35. The Hall–Kier alpha value is -1.11. The number of hydrogen-bond donors (Lipinski definition) is 0. The topological polar surface area (TPSA) is 36.1 Å². The quantitative estimate of drug-likeness (QED) is 0.544. The van der Waals surface area contributed by atoms with Crippen molar-refractivity contribution in [3.8, 4) is 6.07 Å². The van der Waals surface area contributed by atoms with E-state index in [4.69, 9.17) is 16.9 Å². The third kappa shape index (κ3) is 2.41. The normalized spacial score (nSPS) is 11.0. The molecule has 0 atom stereocenters. The number of thiophene rings is 1. The van der Waals surface area contributed by atoms with Crippen LogP contribution < -0.4 is 0 Å². The third-order valence-electron chi connectivity index (χ3n) is 1.43. The first-order valence-corrected chi connectivity index (χ1v) is 4.78. The molecule has 0 amide bonds. The van der Waals surface area contributed by atoms with Gasteiger partial charge in [0.05, 0.1) is 11.3 Å². The average molecular weight is 211 g/mol. The molecule has 0 bridgehead atoms. The third-order valence-corrected chi connectivity index (χ3v) is 2.58. The summed E-state index contributed by atoms with van der Waals surface area (Å²) in [5.74, 6) is 0. The number of allylic oxidation sites excluding steroid dienone is 1. The summed E-state index contributed by atoms with van der Waals surface area (Å²) in [6.45, 7) is 5.41. The van der Waals surface area contributed by atoms with E-state index in [1.165, 1.54) is 0 Å². The molecule has 2 nitrogen and oxygen atoms in total. The number of nitrogens with zero attached hydrogens (tertiary/aromatic N) is 2. The van der Waals surface area contributed by atoms with Crippen molar-refractivity contribution >= 4 is 33.8 Å². The Morgan fingerprint density at radius 2 is 2.46 bits per heavy atom. The molecule has 0 radical (unpaired) electrons. The highest BCUT2D eigenvalue weighted by Crippen LogP contribution is 2.24. The van der Waals surface area contributed by atoms with Gasteiger partial charge in [0.25, 0.3) is 0 Å². The summed E-state index contributed by atoms with van der Waals surface area (Å²) >= 11 is 7.31.